The molecule has 0 aliphatic rings. The Morgan fingerprint density at radius 3 is 2.17 bits per heavy atom. The van der Waals surface area contributed by atoms with E-state index in [2.05, 4.69) is 6.07 Å². The van der Waals surface area contributed by atoms with E-state index in [1.165, 1.54) is 12.1 Å². The van der Waals surface area contributed by atoms with Crippen LogP contribution in [0.1, 0.15) is 5.56 Å². The molecule has 0 atom stereocenters. The maximum Gasteiger partial charge on any atom is 0.238 e. The molecule has 4 nitrogen and oxygen atoms in total. The Kier molecular flexibility index (Phi) is 3.15. The maximum absolute atomic E-state index is 11.1. The molecule has 0 saturated carbocycles. The summed E-state index contributed by atoms with van der Waals surface area (Å²) >= 11 is 0. The van der Waals surface area contributed by atoms with Gasteiger partial charge in [0, 0.05) is 0 Å². The number of hydrogen-bond donors (Lipinski definition) is 1. The highest BCUT2D eigenvalue weighted by Crippen LogP contribution is 2.24. The van der Waals surface area contributed by atoms with Crippen LogP contribution in [-0.4, -0.2) is 8.42 Å². The summed E-state index contributed by atoms with van der Waals surface area (Å²) in [5, 5.41) is 14.0. The van der Waals surface area contributed by atoms with Crippen molar-refractivity contribution in [1.82, 2.24) is 0 Å². The first-order valence-corrected chi connectivity index (χ1v) is 6.69. The van der Waals surface area contributed by atoms with Crippen LogP contribution in [0.25, 0.3) is 11.1 Å². The second-order valence-corrected chi connectivity index (χ2v) is 5.29. The van der Waals surface area contributed by atoms with Gasteiger partial charge in [-0.2, -0.15) is 5.26 Å². The first-order valence-electron chi connectivity index (χ1n) is 5.15. The van der Waals surface area contributed by atoms with E-state index in [1.807, 2.05) is 12.1 Å². The average molecular weight is 258 g/mol. The minimum absolute atomic E-state index is 0.0562. The quantitative estimate of drug-likeness (QED) is 0.892. The molecule has 2 aromatic carbocycles. The molecule has 0 aromatic heterocycles. The fraction of sp³-hybridized carbons (Fsp3) is 0. The van der Waals surface area contributed by atoms with Gasteiger partial charge in [-0.25, -0.2) is 13.6 Å². The summed E-state index contributed by atoms with van der Waals surface area (Å²) < 4.78 is 22.3. The van der Waals surface area contributed by atoms with Crippen LogP contribution in [0.2, 0.25) is 0 Å². The van der Waals surface area contributed by atoms with Crippen LogP contribution in [0, 0.1) is 11.3 Å². The Labute approximate surface area is 105 Å². The number of nitrogens with zero attached hydrogens (tertiary/aromatic N) is 1. The Morgan fingerprint density at radius 1 is 1.00 bits per heavy atom. The molecule has 0 saturated heterocycles. The predicted molar refractivity (Wildman–Crippen MR) is 68.0 cm³/mol. The zero-order chi connectivity index (χ0) is 13.2. The van der Waals surface area contributed by atoms with Crippen LogP contribution < -0.4 is 5.14 Å². The highest BCUT2D eigenvalue weighted by atomic mass is 32.2. The van der Waals surface area contributed by atoms with Gasteiger partial charge in [-0.15, -0.1) is 0 Å². The molecule has 0 aliphatic carbocycles. The largest absolute Gasteiger partial charge is 0.238 e. The van der Waals surface area contributed by atoms with Crippen molar-refractivity contribution in [2.24, 2.45) is 5.14 Å². The Morgan fingerprint density at radius 2 is 1.61 bits per heavy atom. The molecule has 0 bridgehead atoms. The lowest BCUT2D eigenvalue weighted by molar-refractivity contribution is 0.598. The van der Waals surface area contributed by atoms with Gasteiger partial charge >= 0.3 is 0 Å². The second-order valence-electron chi connectivity index (χ2n) is 3.73. The lowest BCUT2D eigenvalue weighted by Gasteiger charge is -2.04. The van der Waals surface area contributed by atoms with Gasteiger partial charge in [0.05, 0.1) is 16.5 Å². The number of hydrogen-bond acceptors (Lipinski definition) is 3. The summed E-state index contributed by atoms with van der Waals surface area (Å²) in [6.45, 7) is 0. The van der Waals surface area contributed by atoms with Gasteiger partial charge in [-0.1, -0.05) is 30.3 Å². The normalized spacial score (nSPS) is 10.9. The van der Waals surface area contributed by atoms with E-state index in [0.29, 0.717) is 5.56 Å². The standard InChI is InChI=1S/C13H10N2O2S/c14-9-11-3-1-2-4-13(11)10-5-7-12(8-6-10)18(15,16)17/h1-8H,(H2,15,16,17). The topological polar surface area (TPSA) is 83.9 Å². The minimum atomic E-state index is -3.68. The summed E-state index contributed by atoms with van der Waals surface area (Å²) in [6, 6.07) is 15.3. The number of sulfonamides is 1. The van der Waals surface area contributed by atoms with E-state index in [4.69, 9.17) is 10.4 Å². The monoisotopic (exact) mass is 258 g/mol. The van der Waals surface area contributed by atoms with Crippen LogP contribution >= 0.6 is 0 Å². The fourth-order valence-corrected chi connectivity index (χ4v) is 2.17. The zero-order valence-electron chi connectivity index (χ0n) is 9.37. The van der Waals surface area contributed by atoms with Crippen molar-refractivity contribution in [3.8, 4) is 17.2 Å². The molecule has 2 rings (SSSR count). The molecule has 0 heterocycles. The van der Waals surface area contributed by atoms with E-state index in [-0.39, 0.29) is 4.90 Å². The van der Waals surface area contributed by atoms with Crippen molar-refractivity contribution < 1.29 is 8.42 Å². The first kappa shape index (κ1) is 12.3. The number of nitriles is 1. The molecule has 90 valence electrons. The number of benzene rings is 2. The minimum Gasteiger partial charge on any atom is -0.225 e. The van der Waals surface area contributed by atoms with Gasteiger partial charge in [0.15, 0.2) is 0 Å². The number of primary sulfonamides is 1. The Balaban J connectivity index is 2.51. The van der Waals surface area contributed by atoms with Gasteiger partial charge in [-0.05, 0) is 29.3 Å². The van der Waals surface area contributed by atoms with Gasteiger partial charge < -0.3 is 0 Å². The zero-order valence-corrected chi connectivity index (χ0v) is 10.2. The maximum atomic E-state index is 11.1. The third kappa shape index (κ3) is 2.40. The molecule has 18 heavy (non-hydrogen) atoms. The van der Waals surface area contributed by atoms with Crippen LogP contribution in [0.15, 0.2) is 53.4 Å². The molecule has 0 spiro atoms. The molecule has 0 unspecified atom stereocenters. The summed E-state index contributed by atoms with van der Waals surface area (Å²) in [6.07, 6.45) is 0. The van der Waals surface area contributed by atoms with Crippen molar-refractivity contribution in [2.75, 3.05) is 0 Å². The van der Waals surface area contributed by atoms with Crippen molar-refractivity contribution >= 4 is 10.0 Å². The van der Waals surface area contributed by atoms with E-state index < -0.39 is 10.0 Å². The van der Waals surface area contributed by atoms with E-state index in [0.717, 1.165) is 11.1 Å². The van der Waals surface area contributed by atoms with Crippen molar-refractivity contribution in [2.45, 2.75) is 4.90 Å². The highest BCUT2D eigenvalue weighted by molar-refractivity contribution is 7.89. The summed E-state index contributed by atoms with van der Waals surface area (Å²) in [5.41, 5.74) is 2.08. The molecule has 2 N–H and O–H groups in total. The van der Waals surface area contributed by atoms with E-state index in [1.54, 1.807) is 24.3 Å². The summed E-state index contributed by atoms with van der Waals surface area (Å²) in [4.78, 5) is 0.0562. The smallest absolute Gasteiger partial charge is 0.225 e. The SMILES string of the molecule is N#Cc1ccccc1-c1ccc(S(N)(=O)=O)cc1. The third-order valence-electron chi connectivity index (χ3n) is 2.54. The Hall–Kier alpha value is -2.16. The summed E-state index contributed by atoms with van der Waals surface area (Å²) in [7, 11) is -3.68. The van der Waals surface area contributed by atoms with Crippen LogP contribution in [0.3, 0.4) is 0 Å². The average Bonchev–Trinajstić information content (AvgIpc) is 2.38. The van der Waals surface area contributed by atoms with Crippen molar-refractivity contribution in [1.29, 1.82) is 5.26 Å². The highest BCUT2D eigenvalue weighted by Gasteiger charge is 2.08. The van der Waals surface area contributed by atoms with Gasteiger partial charge in [0.1, 0.15) is 0 Å². The molecule has 0 radical (unpaired) electrons. The van der Waals surface area contributed by atoms with E-state index >= 15 is 0 Å². The lowest BCUT2D eigenvalue weighted by atomic mass is 10.0. The lowest BCUT2D eigenvalue weighted by Crippen LogP contribution is -2.11. The molecular weight excluding hydrogens is 248 g/mol. The molecule has 0 aliphatic heterocycles. The van der Waals surface area contributed by atoms with Crippen LogP contribution in [0.4, 0.5) is 0 Å². The first-order chi connectivity index (χ1) is 8.52. The predicted octanol–water partition coefficient (Wildman–Crippen LogP) is 1.87. The Bertz CT molecular complexity index is 713. The van der Waals surface area contributed by atoms with Gasteiger partial charge in [-0.3, -0.25) is 0 Å². The van der Waals surface area contributed by atoms with Crippen LogP contribution in [-0.2, 0) is 10.0 Å². The van der Waals surface area contributed by atoms with Gasteiger partial charge in [0.2, 0.25) is 10.0 Å². The molecule has 0 amide bonds. The molecule has 5 heteroatoms. The molecule has 2 aromatic rings. The fourth-order valence-electron chi connectivity index (χ4n) is 1.66. The second kappa shape index (κ2) is 4.61. The van der Waals surface area contributed by atoms with Crippen molar-refractivity contribution in [3.63, 3.8) is 0 Å². The number of nitrogens with two attached hydrogens (primary N) is 1. The van der Waals surface area contributed by atoms with Crippen LogP contribution in [0.5, 0.6) is 0 Å². The molecule has 0 fully saturated rings. The molecular formula is C13H10N2O2S. The third-order valence-corrected chi connectivity index (χ3v) is 3.47. The summed E-state index contributed by atoms with van der Waals surface area (Å²) in [5.74, 6) is 0. The van der Waals surface area contributed by atoms with Crippen molar-refractivity contribution in [3.05, 3.63) is 54.1 Å². The van der Waals surface area contributed by atoms with Gasteiger partial charge in [0.25, 0.3) is 0 Å². The number of rotatable bonds is 2. The van der Waals surface area contributed by atoms with E-state index in [9.17, 15) is 8.42 Å².